The summed E-state index contributed by atoms with van der Waals surface area (Å²) in [5.41, 5.74) is 2.35. The zero-order chi connectivity index (χ0) is 15.8. The summed E-state index contributed by atoms with van der Waals surface area (Å²) < 4.78 is 5.89. The smallest absolute Gasteiger partial charge is 0.122 e. The minimum atomic E-state index is 0.773. The van der Waals surface area contributed by atoms with E-state index in [1.807, 2.05) is 6.92 Å². The molecule has 22 heavy (non-hydrogen) atoms. The summed E-state index contributed by atoms with van der Waals surface area (Å²) in [4.78, 5) is 2.55. The molecule has 2 rings (SSSR count). The molecule has 0 bridgehead atoms. The molecule has 0 aliphatic carbocycles. The van der Waals surface area contributed by atoms with Crippen LogP contribution in [0.3, 0.4) is 0 Å². The van der Waals surface area contributed by atoms with E-state index in [0.29, 0.717) is 0 Å². The third kappa shape index (κ3) is 5.45. The topological polar surface area (TPSA) is 24.5 Å². The highest BCUT2D eigenvalue weighted by Gasteiger charge is 2.10. The molecule has 0 radical (unpaired) electrons. The zero-order valence-corrected chi connectivity index (χ0v) is 14.7. The Hall–Kier alpha value is -0.770. The van der Waals surface area contributed by atoms with Crippen molar-refractivity contribution in [3.05, 3.63) is 28.3 Å². The van der Waals surface area contributed by atoms with Crippen LogP contribution in [0.25, 0.3) is 0 Å². The lowest BCUT2D eigenvalue weighted by molar-refractivity contribution is 0.236. The van der Waals surface area contributed by atoms with Crippen LogP contribution in [0.2, 0.25) is 5.02 Å². The van der Waals surface area contributed by atoms with Gasteiger partial charge in [-0.3, -0.25) is 0 Å². The van der Waals surface area contributed by atoms with E-state index in [2.05, 4.69) is 29.3 Å². The second kappa shape index (κ2) is 9.39. The fourth-order valence-electron chi connectivity index (χ4n) is 2.82. The molecule has 1 heterocycles. The average Bonchev–Trinajstić information content (AvgIpc) is 2.54. The van der Waals surface area contributed by atoms with E-state index in [9.17, 15) is 0 Å². The second-order valence-electron chi connectivity index (χ2n) is 6.11. The van der Waals surface area contributed by atoms with Crippen LogP contribution in [0.4, 0.5) is 0 Å². The number of piperazine rings is 1. The second-order valence-corrected chi connectivity index (χ2v) is 6.51. The highest BCUT2D eigenvalue weighted by molar-refractivity contribution is 6.31. The van der Waals surface area contributed by atoms with Crippen LogP contribution in [0.1, 0.15) is 37.3 Å². The van der Waals surface area contributed by atoms with Crippen molar-refractivity contribution in [3.63, 3.8) is 0 Å². The number of unbranched alkanes of at least 4 members (excludes halogenated alkanes) is 1. The normalized spacial score (nSPS) is 16.0. The quantitative estimate of drug-likeness (QED) is 0.738. The summed E-state index contributed by atoms with van der Waals surface area (Å²) in [6.07, 6.45) is 4.50. The Balaban J connectivity index is 1.83. The number of halogens is 1. The highest BCUT2D eigenvalue weighted by Crippen LogP contribution is 2.28. The molecule has 0 spiro atoms. The number of hydrogen-bond acceptors (Lipinski definition) is 3. The van der Waals surface area contributed by atoms with Crippen molar-refractivity contribution in [1.29, 1.82) is 0 Å². The summed E-state index contributed by atoms with van der Waals surface area (Å²) in [6, 6.07) is 4.18. The average molecular weight is 325 g/mol. The van der Waals surface area contributed by atoms with Gasteiger partial charge in [0.15, 0.2) is 0 Å². The molecule has 0 aromatic heterocycles. The van der Waals surface area contributed by atoms with Crippen molar-refractivity contribution in [2.24, 2.45) is 0 Å². The first kappa shape index (κ1) is 17.6. The number of nitrogens with zero attached hydrogens (tertiary/aromatic N) is 1. The Labute approximate surface area is 140 Å². The number of hydrogen-bond donors (Lipinski definition) is 1. The van der Waals surface area contributed by atoms with Gasteiger partial charge in [-0.2, -0.15) is 0 Å². The Kier molecular flexibility index (Phi) is 7.50. The lowest BCUT2D eigenvalue weighted by Crippen LogP contribution is -2.43. The highest BCUT2D eigenvalue weighted by atomic mass is 35.5. The van der Waals surface area contributed by atoms with Gasteiger partial charge in [0.1, 0.15) is 5.75 Å². The molecule has 1 N–H and O–H groups in total. The molecular weight excluding hydrogens is 296 g/mol. The fraction of sp³-hybridized carbons (Fsp3) is 0.667. The summed E-state index contributed by atoms with van der Waals surface area (Å²) in [6.45, 7) is 10.8. The summed E-state index contributed by atoms with van der Waals surface area (Å²) in [5.74, 6) is 1.02. The minimum absolute atomic E-state index is 0.773. The molecule has 0 saturated carbocycles. The van der Waals surface area contributed by atoms with Crippen molar-refractivity contribution in [1.82, 2.24) is 10.2 Å². The molecule has 0 atom stereocenters. The van der Waals surface area contributed by atoms with Gasteiger partial charge in [0.05, 0.1) is 6.61 Å². The maximum absolute atomic E-state index is 6.28. The monoisotopic (exact) mass is 324 g/mol. The Bertz CT molecular complexity index is 459. The van der Waals surface area contributed by atoms with E-state index in [4.69, 9.17) is 16.3 Å². The lowest BCUT2D eigenvalue weighted by Gasteiger charge is -2.27. The van der Waals surface area contributed by atoms with Gasteiger partial charge in [-0.15, -0.1) is 0 Å². The van der Waals surface area contributed by atoms with Crippen LogP contribution in [0, 0.1) is 6.92 Å². The van der Waals surface area contributed by atoms with Gasteiger partial charge in [-0.25, -0.2) is 0 Å². The van der Waals surface area contributed by atoms with Crippen molar-refractivity contribution in [2.45, 2.75) is 39.5 Å². The van der Waals surface area contributed by atoms with E-state index < -0.39 is 0 Å². The molecule has 1 saturated heterocycles. The third-order valence-electron chi connectivity index (χ3n) is 4.18. The van der Waals surface area contributed by atoms with Gasteiger partial charge in [0.2, 0.25) is 0 Å². The standard InChI is InChI=1S/C18H29ClN2O/c1-3-12-22-18-13-15(2)17(19)14-16(18)6-4-5-9-21-10-7-20-8-11-21/h13-14,20H,3-12H2,1-2H3. The van der Waals surface area contributed by atoms with Gasteiger partial charge in [-0.05, 0) is 62.4 Å². The number of rotatable bonds is 8. The maximum atomic E-state index is 6.28. The van der Waals surface area contributed by atoms with Crippen LogP contribution in [0.5, 0.6) is 5.75 Å². The predicted octanol–water partition coefficient (Wildman–Crippen LogP) is 3.67. The third-order valence-corrected chi connectivity index (χ3v) is 4.59. The molecule has 1 fully saturated rings. The SMILES string of the molecule is CCCOc1cc(C)c(Cl)cc1CCCCN1CCNCC1. The number of benzene rings is 1. The molecule has 4 heteroatoms. The van der Waals surface area contributed by atoms with E-state index in [0.717, 1.165) is 48.9 Å². The van der Waals surface area contributed by atoms with Gasteiger partial charge < -0.3 is 15.0 Å². The molecule has 0 amide bonds. The van der Waals surface area contributed by atoms with Crippen LogP contribution in [0.15, 0.2) is 12.1 Å². The zero-order valence-electron chi connectivity index (χ0n) is 14.0. The van der Waals surface area contributed by atoms with Crippen molar-refractivity contribution in [3.8, 4) is 5.75 Å². The molecule has 124 valence electrons. The fourth-order valence-corrected chi connectivity index (χ4v) is 3.01. The van der Waals surface area contributed by atoms with Crippen molar-refractivity contribution < 1.29 is 4.74 Å². The molecule has 0 unspecified atom stereocenters. The molecule has 3 nitrogen and oxygen atoms in total. The van der Waals surface area contributed by atoms with Gasteiger partial charge >= 0.3 is 0 Å². The Morgan fingerprint density at radius 1 is 1.23 bits per heavy atom. The number of nitrogens with one attached hydrogen (secondary N) is 1. The van der Waals surface area contributed by atoms with Crippen molar-refractivity contribution in [2.75, 3.05) is 39.3 Å². The summed E-state index contributed by atoms with van der Waals surface area (Å²) >= 11 is 6.28. The first-order chi connectivity index (χ1) is 10.7. The van der Waals surface area contributed by atoms with Gasteiger partial charge in [-0.1, -0.05) is 18.5 Å². The van der Waals surface area contributed by atoms with Gasteiger partial charge in [0.25, 0.3) is 0 Å². The molecule has 1 aromatic carbocycles. The largest absolute Gasteiger partial charge is 0.493 e. The predicted molar refractivity (Wildman–Crippen MR) is 94.2 cm³/mol. The first-order valence-corrected chi connectivity index (χ1v) is 8.93. The Morgan fingerprint density at radius 3 is 2.73 bits per heavy atom. The molecule has 1 aliphatic heterocycles. The van der Waals surface area contributed by atoms with E-state index in [1.54, 1.807) is 0 Å². The lowest BCUT2D eigenvalue weighted by atomic mass is 10.0. The van der Waals surface area contributed by atoms with Crippen LogP contribution in [-0.4, -0.2) is 44.2 Å². The maximum Gasteiger partial charge on any atom is 0.122 e. The van der Waals surface area contributed by atoms with Crippen molar-refractivity contribution >= 4 is 11.6 Å². The Morgan fingerprint density at radius 2 is 2.00 bits per heavy atom. The number of ether oxygens (including phenoxy) is 1. The van der Waals surface area contributed by atoms with Crippen LogP contribution in [-0.2, 0) is 6.42 Å². The van der Waals surface area contributed by atoms with E-state index in [1.165, 1.54) is 38.0 Å². The van der Waals surface area contributed by atoms with Gasteiger partial charge in [0, 0.05) is 31.2 Å². The summed E-state index contributed by atoms with van der Waals surface area (Å²) in [7, 11) is 0. The minimum Gasteiger partial charge on any atom is -0.493 e. The number of aryl methyl sites for hydroxylation is 2. The van der Waals surface area contributed by atoms with E-state index in [-0.39, 0.29) is 0 Å². The first-order valence-electron chi connectivity index (χ1n) is 8.55. The van der Waals surface area contributed by atoms with Crippen LogP contribution >= 0.6 is 11.6 Å². The van der Waals surface area contributed by atoms with Crippen LogP contribution < -0.4 is 10.1 Å². The molecule has 1 aliphatic rings. The van der Waals surface area contributed by atoms with E-state index >= 15 is 0 Å². The summed E-state index contributed by atoms with van der Waals surface area (Å²) in [5, 5.41) is 4.24. The molecule has 1 aromatic rings. The molecular formula is C18H29ClN2O.